The molecule has 0 aliphatic heterocycles. The van der Waals surface area contributed by atoms with Gasteiger partial charge in [0.1, 0.15) is 11.5 Å². The van der Waals surface area contributed by atoms with Gasteiger partial charge >= 0.3 is 7.60 Å². The van der Waals surface area contributed by atoms with Gasteiger partial charge in [-0.2, -0.15) is 0 Å². The van der Waals surface area contributed by atoms with E-state index in [4.69, 9.17) is 32.7 Å². The van der Waals surface area contributed by atoms with Crippen molar-refractivity contribution in [1.29, 1.82) is 0 Å². The number of aryl methyl sites for hydroxylation is 1. The van der Waals surface area contributed by atoms with Gasteiger partial charge in [-0.15, -0.1) is 0 Å². The first-order valence-electron chi connectivity index (χ1n) is 7.32. The standard InChI is InChI=1S/C16H16Cl2NO5P/c1-23-15-7-13-9(5-11(15)17)10-6-12(18)16(24-2)8-14(10)19(13)3-4-25(20,21)22/h5-8H,3-4H2,1-2H3,(H2,20,21,22). The summed E-state index contributed by atoms with van der Waals surface area (Å²) in [4.78, 5) is 18.5. The van der Waals surface area contributed by atoms with Crippen molar-refractivity contribution in [2.24, 2.45) is 0 Å². The summed E-state index contributed by atoms with van der Waals surface area (Å²) < 4.78 is 23.7. The van der Waals surface area contributed by atoms with Crippen molar-refractivity contribution in [3.63, 3.8) is 0 Å². The van der Waals surface area contributed by atoms with Crippen LogP contribution in [0.25, 0.3) is 21.8 Å². The molecule has 6 nitrogen and oxygen atoms in total. The molecule has 2 aromatic carbocycles. The van der Waals surface area contributed by atoms with Crippen molar-refractivity contribution in [1.82, 2.24) is 4.57 Å². The summed E-state index contributed by atoms with van der Waals surface area (Å²) in [6.07, 6.45) is -0.290. The normalized spacial score (nSPS) is 12.1. The maximum atomic E-state index is 11.3. The number of hydrogen-bond acceptors (Lipinski definition) is 3. The molecule has 0 amide bonds. The minimum absolute atomic E-state index is 0.125. The second-order valence-electron chi connectivity index (χ2n) is 5.55. The monoisotopic (exact) mass is 403 g/mol. The Balaban J connectivity index is 2.35. The molecule has 0 unspecified atom stereocenters. The van der Waals surface area contributed by atoms with Gasteiger partial charge in [0.15, 0.2) is 0 Å². The molecule has 0 saturated carbocycles. The lowest BCUT2D eigenvalue weighted by Crippen LogP contribution is -2.03. The summed E-state index contributed by atoms with van der Waals surface area (Å²) in [6, 6.07) is 7.01. The van der Waals surface area contributed by atoms with Gasteiger partial charge in [0, 0.05) is 29.4 Å². The Morgan fingerprint density at radius 2 is 1.40 bits per heavy atom. The number of nitrogens with zero attached hydrogens (tertiary/aromatic N) is 1. The van der Waals surface area contributed by atoms with E-state index < -0.39 is 7.60 Å². The van der Waals surface area contributed by atoms with Crippen LogP contribution in [0.4, 0.5) is 0 Å². The third-order valence-corrected chi connectivity index (χ3v) is 5.40. The Kier molecular flexibility index (Phi) is 4.93. The van der Waals surface area contributed by atoms with Crippen LogP contribution in [0, 0.1) is 0 Å². The van der Waals surface area contributed by atoms with E-state index in [1.165, 1.54) is 14.2 Å². The number of rotatable bonds is 5. The van der Waals surface area contributed by atoms with E-state index in [2.05, 4.69) is 0 Å². The highest BCUT2D eigenvalue weighted by Crippen LogP contribution is 2.41. The van der Waals surface area contributed by atoms with Crippen LogP contribution < -0.4 is 9.47 Å². The average Bonchev–Trinajstić information content (AvgIpc) is 2.82. The molecule has 3 aromatic rings. The fraction of sp³-hybridized carbons (Fsp3) is 0.250. The molecule has 3 rings (SSSR count). The van der Waals surface area contributed by atoms with Crippen LogP contribution in [0.2, 0.25) is 10.0 Å². The number of ether oxygens (including phenoxy) is 2. The van der Waals surface area contributed by atoms with Crippen LogP contribution in [-0.4, -0.2) is 34.7 Å². The van der Waals surface area contributed by atoms with Gasteiger partial charge in [0.05, 0.1) is 41.5 Å². The van der Waals surface area contributed by atoms with E-state index in [1.54, 1.807) is 28.8 Å². The molecular weight excluding hydrogens is 388 g/mol. The molecule has 0 spiro atoms. The van der Waals surface area contributed by atoms with Crippen LogP contribution in [0.15, 0.2) is 24.3 Å². The molecule has 134 valence electrons. The Bertz CT molecular complexity index is 944. The number of aromatic nitrogens is 1. The zero-order valence-electron chi connectivity index (χ0n) is 13.5. The van der Waals surface area contributed by atoms with Crippen molar-refractivity contribution < 1.29 is 23.8 Å². The third-order valence-electron chi connectivity index (χ3n) is 4.03. The molecule has 0 bridgehead atoms. The van der Waals surface area contributed by atoms with Crippen LogP contribution in [-0.2, 0) is 11.1 Å². The molecule has 0 aliphatic carbocycles. The summed E-state index contributed by atoms with van der Waals surface area (Å²) in [6.45, 7) is 0.125. The Morgan fingerprint density at radius 1 is 0.960 bits per heavy atom. The maximum Gasteiger partial charge on any atom is 0.327 e. The predicted molar refractivity (Wildman–Crippen MR) is 99.5 cm³/mol. The molecule has 2 N–H and O–H groups in total. The molecule has 0 aliphatic rings. The van der Waals surface area contributed by atoms with E-state index in [9.17, 15) is 14.4 Å². The second kappa shape index (κ2) is 6.71. The van der Waals surface area contributed by atoms with Gasteiger partial charge in [-0.1, -0.05) is 23.2 Å². The zero-order chi connectivity index (χ0) is 18.4. The highest BCUT2D eigenvalue weighted by molar-refractivity contribution is 7.51. The Labute approximate surface area is 154 Å². The Morgan fingerprint density at radius 3 is 1.76 bits per heavy atom. The van der Waals surface area contributed by atoms with Crippen molar-refractivity contribution in [3.05, 3.63) is 34.3 Å². The molecular formula is C16H16Cl2NO5P. The van der Waals surface area contributed by atoms with Gasteiger partial charge in [-0.25, -0.2) is 0 Å². The third kappa shape index (κ3) is 3.46. The van der Waals surface area contributed by atoms with E-state index in [-0.39, 0.29) is 12.7 Å². The van der Waals surface area contributed by atoms with Crippen LogP contribution >= 0.6 is 30.8 Å². The first-order valence-corrected chi connectivity index (χ1v) is 9.88. The summed E-state index contributed by atoms with van der Waals surface area (Å²) in [7, 11) is -1.14. The van der Waals surface area contributed by atoms with Crippen molar-refractivity contribution in [2.45, 2.75) is 6.54 Å². The van der Waals surface area contributed by atoms with Crippen LogP contribution in [0.5, 0.6) is 11.5 Å². The summed E-state index contributed by atoms with van der Waals surface area (Å²) in [5, 5.41) is 2.51. The quantitative estimate of drug-likeness (QED) is 0.620. The number of halogens is 2. The smallest absolute Gasteiger partial charge is 0.327 e. The average molecular weight is 404 g/mol. The highest BCUT2D eigenvalue weighted by atomic mass is 35.5. The van der Waals surface area contributed by atoms with Gasteiger partial charge < -0.3 is 23.8 Å². The van der Waals surface area contributed by atoms with Crippen LogP contribution in [0.1, 0.15) is 0 Å². The lowest BCUT2D eigenvalue weighted by atomic mass is 10.1. The number of fused-ring (bicyclic) bond motifs is 3. The van der Waals surface area contributed by atoms with E-state index >= 15 is 0 Å². The SMILES string of the molecule is COc1cc2c(cc1Cl)c1cc(Cl)c(OC)cc1n2CCP(=O)(O)O. The van der Waals surface area contributed by atoms with Gasteiger partial charge in [0.25, 0.3) is 0 Å². The molecule has 0 saturated heterocycles. The molecule has 25 heavy (non-hydrogen) atoms. The first kappa shape index (κ1) is 18.4. The molecule has 0 fully saturated rings. The van der Waals surface area contributed by atoms with E-state index in [0.29, 0.717) is 21.5 Å². The van der Waals surface area contributed by atoms with Gasteiger partial charge in [0.2, 0.25) is 0 Å². The van der Waals surface area contributed by atoms with E-state index in [0.717, 1.165) is 21.8 Å². The highest BCUT2D eigenvalue weighted by Gasteiger charge is 2.19. The zero-order valence-corrected chi connectivity index (χ0v) is 15.9. The molecule has 0 radical (unpaired) electrons. The Hall–Kier alpha value is -1.43. The minimum Gasteiger partial charge on any atom is -0.495 e. The molecule has 9 heteroatoms. The van der Waals surface area contributed by atoms with Crippen LogP contribution in [0.3, 0.4) is 0 Å². The molecule has 0 atom stereocenters. The van der Waals surface area contributed by atoms with Crippen molar-refractivity contribution in [3.8, 4) is 11.5 Å². The largest absolute Gasteiger partial charge is 0.495 e. The molecule has 1 heterocycles. The fourth-order valence-corrected chi connectivity index (χ4v) is 3.82. The summed E-state index contributed by atoms with van der Waals surface area (Å²) in [5.74, 6) is 0.958. The van der Waals surface area contributed by atoms with E-state index in [1.807, 2.05) is 0 Å². The first-order chi connectivity index (χ1) is 11.7. The summed E-state index contributed by atoms with van der Waals surface area (Å²) >= 11 is 12.5. The lowest BCUT2D eigenvalue weighted by Gasteiger charge is -2.10. The number of methoxy groups -OCH3 is 2. The molecule has 1 aromatic heterocycles. The second-order valence-corrected chi connectivity index (χ2v) is 8.14. The lowest BCUT2D eigenvalue weighted by molar-refractivity contribution is 0.370. The van der Waals surface area contributed by atoms with Gasteiger partial charge in [-0.3, -0.25) is 4.57 Å². The minimum atomic E-state index is -4.15. The maximum absolute atomic E-state index is 11.3. The fourth-order valence-electron chi connectivity index (χ4n) is 2.88. The van der Waals surface area contributed by atoms with Crippen molar-refractivity contribution >= 4 is 52.6 Å². The van der Waals surface area contributed by atoms with Gasteiger partial charge in [-0.05, 0) is 12.1 Å². The van der Waals surface area contributed by atoms with Crippen molar-refractivity contribution in [2.75, 3.05) is 20.4 Å². The number of benzene rings is 2. The number of hydrogen-bond donors (Lipinski definition) is 2. The topological polar surface area (TPSA) is 80.9 Å². The predicted octanol–water partition coefficient (Wildman–Crippen LogP) is 4.30. The summed E-state index contributed by atoms with van der Waals surface area (Å²) in [5.41, 5.74) is 1.49.